The van der Waals surface area contributed by atoms with Crippen molar-refractivity contribution < 1.29 is 9.53 Å². The minimum absolute atomic E-state index is 0.102. The van der Waals surface area contributed by atoms with Gasteiger partial charge in [0.15, 0.2) is 0 Å². The summed E-state index contributed by atoms with van der Waals surface area (Å²) < 4.78 is 5.61. The number of amides is 1. The largest absolute Gasteiger partial charge is 0.381 e. The number of hydrogen-bond donors (Lipinski definition) is 1. The molecule has 1 aromatic rings. The molecule has 1 amide bonds. The number of carbonyl (C=O) groups excluding carboxylic acids is 1. The zero-order valence-electron chi connectivity index (χ0n) is 14.2. The molecule has 0 radical (unpaired) electrons. The third-order valence-electron chi connectivity index (χ3n) is 5.09. The number of carbonyl (C=O) groups is 1. The molecule has 4 atom stereocenters. The van der Waals surface area contributed by atoms with Crippen LogP contribution in [0.25, 0.3) is 0 Å². The minimum Gasteiger partial charge on any atom is -0.381 e. The van der Waals surface area contributed by atoms with Crippen LogP contribution in [0, 0.1) is 23.7 Å². The number of nitrogens with one attached hydrogen (secondary N) is 1. The van der Waals surface area contributed by atoms with E-state index in [1.807, 2.05) is 30.3 Å². The Bertz CT molecular complexity index is 472. The summed E-state index contributed by atoms with van der Waals surface area (Å²) in [7, 11) is 1.79. The molecule has 0 saturated heterocycles. The normalized spacial score (nSPS) is 28.6. The number of hydrogen-bond acceptors (Lipinski definition) is 2. The Morgan fingerprint density at radius 1 is 1.27 bits per heavy atom. The third kappa shape index (κ3) is 4.10. The molecule has 1 aliphatic carbocycles. The second-order valence-corrected chi connectivity index (χ2v) is 6.94. The lowest BCUT2D eigenvalue weighted by Gasteiger charge is -2.40. The smallest absolute Gasteiger partial charge is 0.223 e. The lowest BCUT2D eigenvalue weighted by Crippen LogP contribution is -2.44. The van der Waals surface area contributed by atoms with Gasteiger partial charge >= 0.3 is 0 Å². The molecular weight excluding hydrogens is 274 g/mol. The molecular formula is C19H29NO2. The molecule has 0 heterocycles. The van der Waals surface area contributed by atoms with Crippen molar-refractivity contribution in [2.24, 2.45) is 23.7 Å². The van der Waals surface area contributed by atoms with Gasteiger partial charge in [0, 0.05) is 19.6 Å². The SMILES string of the molecule is COC1C[C@@H](C(C)C)[C@H](C(=O)NCc2ccccc2)C[C@H]1C. The Kier molecular flexibility index (Phi) is 6.01. The van der Waals surface area contributed by atoms with E-state index in [-0.39, 0.29) is 17.9 Å². The zero-order chi connectivity index (χ0) is 16.1. The highest BCUT2D eigenvalue weighted by Gasteiger charge is 2.40. The van der Waals surface area contributed by atoms with E-state index in [1.165, 1.54) is 0 Å². The van der Waals surface area contributed by atoms with Crippen LogP contribution in [0.15, 0.2) is 30.3 Å². The summed E-state index contributed by atoms with van der Waals surface area (Å²) >= 11 is 0. The topological polar surface area (TPSA) is 38.3 Å². The Hall–Kier alpha value is -1.35. The molecule has 1 aromatic carbocycles. The molecule has 0 bridgehead atoms. The van der Waals surface area contributed by atoms with Crippen molar-refractivity contribution in [3.05, 3.63) is 35.9 Å². The van der Waals surface area contributed by atoms with E-state index in [4.69, 9.17) is 4.74 Å². The first-order chi connectivity index (χ1) is 10.5. The maximum atomic E-state index is 12.7. The first-order valence-corrected chi connectivity index (χ1v) is 8.37. The van der Waals surface area contributed by atoms with Crippen molar-refractivity contribution in [1.29, 1.82) is 0 Å². The molecule has 1 aliphatic rings. The zero-order valence-corrected chi connectivity index (χ0v) is 14.2. The predicted octanol–water partition coefficient (Wildman–Crippen LogP) is 3.64. The maximum absolute atomic E-state index is 12.7. The van der Waals surface area contributed by atoms with Gasteiger partial charge in [0.2, 0.25) is 5.91 Å². The van der Waals surface area contributed by atoms with Crippen LogP contribution in [-0.2, 0) is 16.1 Å². The third-order valence-corrected chi connectivity index (χ3v) is 5.09. The summed E-state index contributed by atoms with van der Waals surface area (Å²) in [6, 6.07) is 10.1. The predicted molar refractivity (Wildman–Crippen MR) is 89.3 cm³/mol. The summed E-state index contributed by atoms with van der Waals surface area (Å²) in [5, 5.41) is 3.13. The summed E-state index contributed by atoms with van der Waals surface area (Å²) in [6.07, 6.45) is 2.19. The average molecular weight is 303 g/mol. The van der Waals surface area contributed by atoms with Crippen LogP contribution in [0.1, 0.15) is 39.2 Å². The Balaban J connectivity index is 1.99. The van der Waals surface area contributed by atoms with Crippen molar-refractivity contribution in [3.8, 4) is 0 Å². The van der Waals surface area contributed by atoms with Gasteiger partial charge < -0.3 is 10.1 Å². The maximum Gasteiger partial charge on any atom is 0.223 e. The highest BCUT2D eigenvalue weighted by atomic mass is 16.5. The fraction of sp³-hybridized carbons (Fsp3) is 0.632. The second-order valence-electron chi connectivity index (χ2n) is 6.94. The Morgan fingerprint density at radius 2 is 1.95 bits per heavy atom. The lowest BCUT2D eigenvalue weighted by molar-refractivity contribution is -0.132. The first-order valence-electron chi connectivity index (χ1n) is 8.37. The molecule has 0 aliphatic heterocycles. The number of ether oxygens (including phenoxy) is 1. The van der Waals surface area contributed by atoms with Crippen LogP contribution < -0.4 is 5.32 Å². The summed E-state index contributed by atoms with van der Waals surface area (Å²) in [5.74, 6) is 1.64. The van der Waals surface area contributed by atoms with Crippen molar-refractivity contribution in [2.45, 2.75) is 46.3 Å². The summed E-state index contributed by atoms with van der Waals surface area (Å²) in [4.78, 5) is 12.7. The van der Waals surface area contributed by atoms with E-state index in [0.29, 0.717) is 24.3 Å². The van der Waals surface area contributed by atoms with Crippen molar-refractivity contribution >= 4 is 5.91 Å². The molecule has 1 unspecified atom stereocenters. The van der Waals surface area contributed by atoms with Gasteiger partial charge in [-0.2, -0.15) is 0 Å². The van der Waals surface area contributed by atoms with Crippen LogP contribution in [0.3, 0.4) is 0 Å². The van der Waals surface area contributed by atoms with Crippen molar-refractivity contribution in [1.82, 2.24) is 5.32 Å². The molecule has 0 aromatic heterocycles. The van der Waals surface area contributed by atoms with E-state index in [1.54, 1.807) is 7.11 Å². The van der Waals surface area contributed by atoms with Gasteiger partial charge in [0.05, 0.1) is 6.10 Å². The van der Waals surface area contributed by atoms with Gasteiger partial charge in [-0.1, -0.05) is 51.1 Å². The monoisotopic (exact) mass is 303 g/mol. The highest BCUT2D eigenvalue weighted by Crippen LogP contribution is 2.39. The van der Waals surface area contributed by atoms with Crippen molar-refractivity contribution in [3.63, 3.8) is 0 Å². The standard InChI is InChI=1S/C19H29NO2/c1-13(2)16-11-18(22-4)14(3)10-17(16)19(21)20-12-15-8-6-5-7-9-15/h5-9,13-14,16-18H,10-12H2,1-4H3,(H,20,21)/t14-,16+,17-,18?/m1/s1. The first kappa shape index (κ1) is 17.0. The van der Waals surface area contributed by atoms with E-state index in [2.05, 4.69) is 26.1 Å². The Labute approximate surface area is 134 Å². The molecule has 1 fully saturated rings. The van der Waals surface area contributed by atoms with E-state index < -0.39 is 0 Å². The highest BCUT2D eigenvalue weighted by molar-refractivity contribution is 5.79. The fourth-order valence-electron chi connectivity index (χ4n) is 3.67. The van der Waals surface area contributed by atoms with Gasteiger partial charge in [-0.25, -0.2) is 0 Å². The Morgan fingerprint density at radius 3 is 2.55 bits per heavy atom. The van der Waals surface area contributed by atoms with E-state index >= 15 is 0 Å². The van der Waals surface area contributed by atoms with Gasteiger partial charge in [0.25, 0.3) is 0 Å². The summed E-state index contributed by atoms with van der Waals surface area (Å²) in [6.45, 7) is 7.24. The molecule has 3 nitrogen and oxygen atoms in total. The second kappa shape index (κ2) is 7.77. The molecule has 1 N–H and O–H groups in total. The minimum atomic E-state index is 0.102. The van der Waals surface area contributed by atoms with E-state index in [0.717, 1.165) is 18.4 Å². The van der Waals surface area contributed by atoms with Crippen LogP contribution in [-0.4, -0.2) is 19.1 Å². The molecule has 1 saturated carbocycles. The molecule has 2 rings (SSSR count). The van der Waals surface area contributed by atoms with Crippen molar-refractivity contribution in [2.75, 3.05) is 7.11 Å². The van der Waals surface area contributed by atoms with Gasteiger partial charge in [-0.05, 0) is 36.2 Å². The summed E-state index contributed by atoms with van der Waals surface area (Å²) in [5.41, 5.74) is 1.15. The molecule has 122 valence electrons. The van der Waals surface area contributed by atoms with Crippen LogP contribution in [0.2, 0.25) is 0 Å². The number of benzene rings is 1. The van der Waals surface area contributed by atoms with E-state index in [9.17, 15) is 4.79 Å². The van der Waals surface area contributed by atoms with Gasteiger partial charge in [0.1, 0.15) is 0 Å². The average Bonchev–Trinajstić information content (AvgIpc) is 2.53. The van der Waals surface area contributed by atoms with Gasteiger partial charge in [-0.15, -0.1) is 0 Å². The quantitative estimate of drug-likeness (QED) is 0.902. The molecule has 22 heavy (non-hydrogen) atoms. The van der Waals surface area contributed by atoms with Gasteiger partial charge in [-0.3, -0.25) is 4.79 Å². The fourth-order valence-corrected chi connectivity index (χ4v) is 3.67. The lowest BCUT2D eigenvalue weighted by atomic mass is 9.68. The number of rotatable bonds is 5. The van der Waals surface area contributed by atoms with Crippen LogP contribution >= 0.6 is 0 Å². The van der Waals surface area contributed by atoms with Crippen LogP contribution in [0.5, 0.6) is 0 Å². The molecule has 3 heteroatoms. The molecule has 0 spiro atoms. The number of methoxy groups -OCH3 is 1. The van der Waals surface area contributed by atoms with Crippen LogP contribution in [0.4, 0.5) is 0 Å².